The van der Waals surface area contributed by atoms with Crippen LogP contribution in [0.3, 0.4) is 0 Å². The van der Waals surface area contributed by atoms with E-state index in [-0.39, 0.29) is 28.9 Å². The van der Waals surface area contributed by atoms with E-state index in [4.69, 9.17) is 4.74 Å². The molecule has 128 valence electrons. The molecule has 0 aliphatic carbocycles. The summed E-state index contributed by atoms with van der Waals surface area (Å²) in [6, 6.07) is 2.38. The fourth-order valence-corrected chi connectivity index (χ4v) is 2.94. The second kappa shape index (κ2) is 9.38. The molecule has 0 aromatic carbocycles. The van der Waals surface area contributed by atoms with Gasteiger partial charge in [-0.1, -0.05) is 0 Å². The number of aromatic nitrogens is 1. The van der Waals surface area contributed by atoms with Gasteiger partial charge in [0.1, 0.15) is 4.90 Å². The Kier molecular flexibility index (Phi) is 9.05. The van der Waals surface area contributed by atoms with Gasteiger partial charge < -0.3 is 10.1 Å². The number of hydrogen-bond acceptors (Lipinski definition) is 7. The van der Waals surface area contributed by atoms with Crippen LogP contribution in [0.2, 0.25) is 0 Å². The summed E-state index contributed by atoms with van der Waals surface area (Å²) in [7, 11) is -5.56. The summed E-state index contributed by atoms with van der Waals surface area (Å²) in [6.07, 6.45) is 2.03. The Morgan fingerprint density at radius 2 is 1.82 bits per heavy atom. The van der Waals surface area contributed by atoms with Crippen LogP contribution >= 0.6 is 12.4 Å². The molecule has 0 saturated carbocycles. The third kappa shape index (κ3) is 6.99. The second-order valence-electron chi connectivity index (χ2n) is 4.24. The van der Waals surface area contributed by atoms with E-state index in [1.54, 1.807) is 7.11 Å². The quantitative estimate of drug-likeness (QED) is 0.556. The summed E-state index contributed by atoms with van der Waals surface area (Å²) >= 11 is 0. The first-order valence-corrected chi connectivity index (χ1v) is 9.50. The molecule has 8 nitrogen and oxygen atoms in total. The van der Waals surface area contributed by atoms with Crippen molar-refractivity contribution >= 4 is 32.3 Å². The van der Waals surface area contributed by atoms with Crippen molar-refractivity contribution in [2.24, 2.45) is 0 Å². The van der Waals surface area contributed by atoms with E-state index < -0.39 is 19.9 Å². The molecule has 1 heterocycles. The van der Waals surface area contributed by atoms with E-state index in [1.165, 1.54) is 12.1 Å². The molecule has 0 fully saturated rings. The molecular formula is C11H20ClN3O5S2. The second-order valence-corrected chi connectivity index (χ2v) is 7.97. The van der Waals surface area contributed by atoms with Crippen LogP contribution in [0.25, 0.3) is 0 Å². The van der Waals surface area contributed by atoms with Crippen LogP contribution in [-0.4, -0.2) is 61.4 Å². The summed E-state index contributed by atoms with van der Waals surface area (Å²) in [4.78, 5) is 3.57. The van der Waals surface area contributed by atoms with Crippen molar-refractivity contribution in [2.75, 3.05) is 39.6 Å². The third-order valence-corrected chi connectivity index (χ3v) is 4.92. The van der Waals surface area contributed by atoms with Crippen LogP contribution < -0.4 is 10.0 Å². The number of pyridine rings is 1. The molecule has 1 aromatic heterocycles. The number of sulfone groups is 1. The van der Waals surface area contributed by atoms with Gasteiger partial charge in [0, 0.05) is 39.2 Å². The average Bonchev–Trinajstić information content (AvgIpc) is 2.42. The molecule has 0 unspecified atom stereocenters. The Hall–Kier alpha value is -0.780. The molecule has 0 bridgehead atoms. The predicted molar refractivity (Wildman–Crippen MR) is 84.5 cm³/mol. The lowest BCUT2D eigenvalue weighted by Gasteiger charge is -2.08. The topological polar surface area (TPSA) is 114 Å². The first-order valence-electron chi connectivity index (χ1n) is 6.13. The Balaban J connectivity index is 0.00000441. The molecule has 0 aliphatic heterocycles. The Bertz CT molecular complexity index is 647. The van der Waals surface area contributed by atoms with Gasteiger partial charge in [-0.15, -0.1) is 12.4 Å². The van der Waals surface area contributed by atoms with Crippen LogP contribution in [-0.2, 0) is 24.6 Å². The number of sulfonamides is 1. The minimum absolute atomic E-state index is 0. The van der Waals surface area contributed by atoms with Crippen LogP contribution in [0.4, 0.5) is 0 Å². The standard InChI is InChI=1S/C11H19N3O5S2.ClH/c1-19-8-7-12-5-6-14-21(17,18)10-3-4-11(13-9-10)20(2,15)16;/h3-4,9,12,14H,5-8H2,1-2H3;1H. The smallest absolute Gasteiger partial charge is 0.242 e. The maximum atomic E-state index is 11.9. The summed E-state index contributed by atoms with van der Waals surface area (Å²) in [5.74, 6) is 0. The van der Waals surface area contributed by atoms with Gasteiger partial charge in [-0.25, -0.2) is 26.5 Å². The highest BCUT2D eigenvalue weighted by Crippen LogP contribution is 2.10. The van der Waals surface area contributed by atoms with E-state index in [0.717, 1.165) is 12.5 Å². The van der Waals surface area contributed by atoms with Gasteiger partial charge in [-0.3, -0.25) is 0 Å². The zero-order valence-corrected chi connectivity index (χ0v) is 14.7. The van der Waals surface area contributed by atoms with Gasteiger partial charge in [-0.05, 0) is 12.1 Å². The van der Waals surface area contributed by atoms with Crippen molar-refractivity contribution in [1.29, 1.82) is 0 Å². The molecule has 0 saturated heterocycles. The monoisotopic (exact) mass is 373 g/mol. The molecule has 22 heavy (non-hydrogen) atoms. The molecule has 0 radical (unpaired) electrons. The third-order valence-electron chi connectivity index (χ3n) is 2.48. The number of halogens is 1. The van der Waals surface area contributed by atoms with Crippen LogP contribution in [0.1, 0.15) is 0 Å². The summed E-state index contributed by atoms with van der Waals surface area (Å²) < 4.78 is 53.6. The van der Waals surface area contributed by atoms with Crippen molar-refractivity contribution < 1.29 is 21.6 Å². The minimum Gasteiger partial charge on any atom is -0.383 e. The van der Waals surface area contributed by atoms with Crippen molar-refractivity contribution in [2.45, 2.75) is 9.92 Å². The largest absolute Gasteiger partial charge is 0.383 e. The van der Waals surface area contributed by atoms with Gasteiger partial charge in [0.05, 0.1) is 6.61 Å². The molecule has 2 N–H and O–H groups in total. The van der Waals surface area contributed by atoms with Crippen molar-refractivity contribution in [3.63, 3.8) is 0 Å². The highest BCUT2D eigenvalue weighted by Gasteiger charge is 2.15. The molecule has 0 aliphatic rings. The number of nitrogens with one attached hydrogen (secondary N) is 2. The molecule has 1 aromatic rings. The Labute approximate surface area is 137 Å². The summed E-state index contributed by atoms with van der Waals surface area (Å²) in [6.45, 7) is 1.84. The fraction of sp³-hybridized carbons (Fsp3) is 0.545. The fourth-order valence-electron chi connectivity index (χ4n) is 1.40. The molecular weight excluding hydrogens is 354 g/mol. The molecule has 11 heteroatoms. The highest BCUT2D eigenvalue weighted by molar-refractivity contribution is 7.90. The number of hydrogen-bond donors (Lipinski definition) is 2. The molecule has 0 amide bonds. The lowest BCUT2D eigenvalue weighted by molar-refractivity contribution is 0.199. The lowest BCUT2D eigenvalue weighted by Crippen LogP contribution is -2.33. The first-order chi connectivity index (χ1) is 9.77. The maximum absolute atomic E-state index is 11.9. The van der Waals surface area contributed by atoms with E-state index in [2.05, 4.69) is 15.0 Å². The number of rotatable bonds is 9. The minimum atomic E-state index is -3.69. The van der Waals surface area contributed by atoms with E-state index in [9.17, 15) is 16.8 Å². The normalized spacial score (nSPS) is 11.9. The number of methoxy groups -OCH3 is 1. The Morgan fingerprint density at radius 3 is 2.32 bits per heavy atom. The zero-order chi connectivity index (χ0) is 15.9. The van der Waals surface area contributed by atoms with E-state index >= 15 is 0 Å². The highest BCUT2D eigenvalue weighted by atomic mass is 35.5. The summed E-state index contributed by atoms with van der Waals surface area (Å²) in [5, 5.41) is 2.83. The van der Waals surface area contributed by atoms with Crippen LogP contribution in [0.15, 0.2) is 28.3 Å². The molecule has 0 spiro atoms. The van der Waals surface area contributed by atoms with Crippen LogP contribution in [0, 0.1) is 0 Å². The van der Waals surface area contributed by atoms with Crippen molar-refractivity contribution in [3.05, 3.63) is 18.3 Å². The lowest BCUT2D eigenvalue weighted by atomic mass is 10.5. The maximum Gasteiger partial charge on any atom is 0.242 e. The molecule has 1 rings (SSSR count). The van der Waals surface area contributed by atoms with E-state index in [0.29, 0.717) is 19.7 Å². The van der Waals surface area contributed by atoms with Crippen LogP contribution in [0.5, 0.6) is 0 Å². The SMILES string of the molecule is COCCNCCNS(=O)(=O)c1ccc(S(C)(=O)=O)nc1.Cl. The zero-order valence-electron chi connectivity index (χ0n) is 12.3. The van der Waals surface area contributed by atoms with Gasteiger partial charge in [0.2, 0.25) is 10.0 Å². The predicted octanol–water partition coefficient (Wildman–Crippen LogP) is -0.579. The number of nitrogens with zero attached hydrogens (tertiary/aromatic N) is 1. The first kappa shape index (κ1) is 21.2. The Morgan fingerprint density at radius 1 is 1.14 bits per heavy atom. The van der Waals surface area contributed by atoms with Crippen molar-refractivity contribution in [3.8, 4) is 0 Å². The van der Waals surface area contributed by atoms with Gasteiger partial charge in [0.25, 0.3) is 0 Å². The molecule has 0 atom stereocenters. The number of ether oxygens (including phenoxy) is 1. The van der Waals surface area contributed by atoms with Gasteiger partial charge in [0.15, 0.2) is 14.9 Å². The van der Waals surface area contributed by atoms with Gasteiger partial charge >= 0.3 is 0 Å². The van der Waals surface area contributed by atoms with E-state index in [1.807, 2.05) is 0 Å². The van der Waals surface area contributed by atoms with Crippen molar-refractivity contribution in [1.82, 2.24) is 15.0 Å². The summed E-state index contributed by atoms with van der Waals surface area (Å²) in [5.41, 5.74) is 0. The average molecular weight is 374 g/mol. The van der Waals surface area contributed by atoms with Gasteiger partial charge in [-0.2, -0.15) is 0 Å².